The van der Waals surface area contributed by atoms with Crippen LogP contribution in [0.25, 0.3) is 0 Å². The molecule has 0 aliphatic heterocycles. The van der Waals surface area contributed by atoms with Crippen molar-refractivity contribution in [3.63, 3.8) is 0 Å². The summed E-state index contributed by atoms with van der Waals surface area (Å²) in [5.41, 5.74) is 1.10. The van der Waals surface area contributed by atoms with E-state index >= 15 is 0 Å². The molecule has 0 amide bonds. The topological polar surface area (TPSA) is 93.8 Å². The van der Waals surface area contributed by atoms with Gasteiger partial charge in [0.15, 0.2) is 0 Å². The van der Waals surface area contributed by atoms with E-state index in [9.17, 15) is 8.42 Å². The van der Waals surface area contributed by atoms with Gasteiger partial charge in [-0.15, -0.1) is 0 Å². The lowest BCUT2D eigenvalue weighted by Gasteiger charge is -2.04. The zero-order valence-corrected chi connectivity index (χ0v) is 13.2. The van der Waals surface area contributed by atoms with Crippen molar-refractivity contribution in [3.8, 4) is 0 Å². The molecule has 0 fully saturated rings. The Bertz CT molecular complexity index is 703. The molecule has 21 heavy (non-hydrogen) atoms. The Morgan fingerprint density at radius 3 is 2.71 bits per heavy atom. The van der Waals surface area contributed by atoms with Crippen molar-refractivity contribution in [3.05, 3.63) is 24.3 Å². The largest absolute Gasteiger partial charge is 0.320 e. The van der Waals surface area contributed by atoms with Gasteiger partial charge in [0.1, 0.15) is 4.90 Å². The fourth-order valence-corrected chi connectivity index (χ4v) is 2.98. The van der Waals surface area contributed by atoms with Gasteiger partial charge in [-0.05, 0) is 26.9 Å². The van der Waals surface area contributed by atoms with E-state index < -0.39 is 10.0 Å². The van der Waals surface area contributed by atoms with Crippen molar-refractivity contribution in [1.82, 2.24) is 24.9 Å². The molecule has 0 bridgehead atoms. The Balaban J connectivity index is 2.11. The van der Waals surface area contributed by atoms with Gasteiger partial charge in [0.2, 0.25) is 0 Å². The summed E-state index contributed by atoms with van der Waals surface area (Å²) in [6, 6.07) is 0. The van der Waals surface area contributed by atoms with Crippen LogP contribution in [0.2, 0.25) is 0 Å². The molecule has 2 aromatic heterocycles. The molecule has 0 aliphatic carbocycles. The van der Waals surface area contributed by atoms with Gasteiger partial charge in [0, 0.05) is 26.0 Å². The van der Waals surface area contributed by atoms with Gasteiger partial charge in [-0.25, -0.2) is 8.42 Å². The fraction of sp³-hybridized carbons (Fsp3) is 0.500. The van der Waals surface area contributed by atoms with Crippen LogP contribution < -0.4 is 10.0 Å². The number of aryl methyl sites for hydroxylation is 3. The zero-order valence-electron chi connectivity index (χ0n) is 12.4. The first kappa shape index (κ1) is 15.5. The number of rotatable bonds is 7. The summed E-state index contributed by atoms with van der Waals surface area (Å²) in [6.45, 7) is 3.27. The number of nitrogens with zero attached hydrogens (tertiary/aromatic N) is 4. The predicted molar refractivity (Wildman–Crippen MR) is 79.5 cm³/mol. The summed E-state index contributed by atoms with van der Waals surface area (Å²) >= 11 is 0. The smallest absolute Gasteiger partial charge is 0.265 e. The summed E-state index contributed by atoms with van der Waals surface area (Å²) in [5.74, 6) is 0. The van der Waals surface area contributed by atoms with Crippen molar-refractivity contribution < 1.29 is 8.42 Å². The highest BCUT2D eigenvalue weighted by Gasteiger charge is 2.18. The van der Waals surface area contributed by atoms with Crippen LogP contribution in [0, 0.1) is 6.92 Å². The van der Waals surface area contributed by atoms with E-state index in [1.165, 1.54) is 12.4 Å². The molecule has 9 heteroatoms. The lowest BCUT2D eigenvalue weighted by molar-refractivity contribution is 0.561. The third-order valence-corrected chi connectivity index (χ3v) is 4.31. The van der Waals surface area contributed by atoms with Crippen LogP contribution in [0.1, 0.15) is 12.1 Å². The fourth-order valence-electron chi connectivity index (χ4n) is 1.93. The van der Waals surface area contributed by atoms with E-state index in [0.717, 1.165) is 13.0 Å². The summed E-state index contributed by atoms with van der Waals surface area (Å²) < 4.78 is 30.3. The molecule has 8 nitrogen and oxygen atoms in total. The Morgan fingerprint density at radius 1 is 1.33 bits per heavy atom. The third kappa shape index (κ3) is 3.82. The Labute approximate surface area is 124 Å². The quantitative estimate of drug-likeness (QED) is 0.719. The second-order valence-corrected chi connectivity index (χ2v) is 6.49. The second-order valence-electron chi connectivity index (χ2n) is 4.80. The van der Waals surface area contributed by atoms with Gasteiger partial charge in [-0.3, -0.25) is 14.1 Å². The van der Waals surface area contributed by atoms with E-state index in [4.69, 9.17) is 0 Å². The van der Waals surface area contributed by atoms with Crippen LogP contribution in [-0.4, -0.2) is 41.6 Å². The highest BCUT2D eigenvalue weighted by molar-refractivity contribution is 7.92. The number of sulfonamides is 1. The third-order valence-electron chi connectivity index (χ3n) is 2.99. The zero-order chi connectivity index (χ0) is 15.5. The number of aromatic nitrogens is 4. The van der Waals surface area contributed by atoms with Crippen molar-refractivity contribution in [2.45, 2.75) is 24.8 Å². The van der Waals surface area contributed by atoms with Crippen molar-refractivity contribution in [2.75, 3.05) is 18.3 Å². The number of anilines is 1. The highest BCUT2D eigenvalue weighted by Crippen LogP contribution is 2.17. The maximum atomic E-state index is 12.3. The Kier molecular flexibility index (Phi) is 4.63. The van der Waals surface area contributed by atoms with Gasteiger partial charge in [-0.2, -0.15) is 10.2 Å². The molecule has 0 spiro atoms. The predicted octanol–water partition coefficient (Wildman–Crippen LogP) is 0.335. The summed E-state index contributed by atoms with van der Waals surface area (Å²) in [5, 5.41) is 11.2. The molecular formula is C12H20N6O2S. The number of hydrogen-bond donors (Lipinski definition) is 2. The number of nitrogens with one attached hydrogen (secondary N) is 2. The first-order chi connectivity index (χ1) is 9.92. The van der Waals surface area contributed by atoms with Crippen molar-refractivity contribution in [2.24, 2.45) is 7.05 Å². The maximum Gasteiger partial charge on any atom is 0.265 e. The molecule has 2 aromatic rings. The van der Waals surface area contributed by atoms with Crippen LogP contribution in [0.3, 0.4) is 0 Å². The monoisotopic (exact) mass is 312 g/mol. The maximum absolute atomic E-state index is 12.3. The average molecular weight is 312 g/mol. The molecule has 2 rings (SSSR count). The van der Waals surface area contributed by atoms with E-state index in [0.29, 0.717) is 17.9 Å². The summed E-state index contributed by atoms with van der Waals surface area (Å²) in [7, 11) is -0.0198. The minimum atomic E-state index is -3.63. The van der Waals surface area contributed by atoms with E-state index in [1.54, 1.807) is 29.5 Å². The summed E-state index contributed by atoms with van der Waals surface area (Å²) in [4.78, 5) is 0.148. The van der Waals surface area contributed by atoms with Crippen LogP contribution >= 0.6 is 0 Å². The first-order valence-electron chi connectivity index (χ1n) is 6.62. The summed E-state index contributed by atoms with van der Waals surface area (Å²) in [6.07, 6.45) is 5.40. The standard InChI is InChI=1S/C12H20N6O2S/c1-10-12(9-17(3)15-10)16-21(19,20)11-7-14-18(8-11)6-4-5-13-2/h7-9,13,16H,4-6H2,1-3H3. The second kappa shape index (κ2) is 6.27. The number of hydrogen-bond acceptors (Lipinski definition) is 5. The van der Waals surface area contributed by atoms with Crippen LogP contribution in [0.15, 0.2) is 23.5 Å². The van der Waals surface area contributed by atoms with Crippen LogP contribution in [0.5, 0.6) is 0 Å². The van der Waals surface area contributed by atoms with Gasteiger partial charge in [0.25, 0.3) is 10.0 Å². The molecule has 116 valence electrons. The minimum Gasteiger partial charge on any atom is -0.320 e. The molecule has 0 saturated carbocycles. The minimum absolute atomic E-state index is 0.148. The lowest BCUT2D eigenvalue weighted by atomic mass is 10.4. The van der Waals surface area contributed by atoms with Crippen LogP contribution in [0.4, 0.5) is 5.69 Å². The molecule has 0 aliphatic rings. The Hall–Kier alpha value is -1.87. The van der Waals surface area contributed by atoms with E-state index in [2.05, 4.69) is 20.2 Å². The molecule has 2 heterocycles. The SMILES string of the molecule is CNCCCn1cc(S(=O)(=O)Nc2cn(C)nc2C)cn1. The van der Waals surface area contributed by atoms with E-state index in [1.807, 2.05) is 7.05 Å². The average Bonchev–Trinajstić information content (AvgIpc) is 2.98. The van der Waals surface area contributed by atoms with E-state index in [-0.39, 0.29) is 4.90 Å². The molecule has 0 saturated heterocycles. The first-order valence-corrected chi connectivity index (χ1v) is 8.11. The molecule has 2 N–H and O–H groups in total. The van der Waals surface area contributed by atoms with Gasteiger partial charge < -0.3 is 5.32 Å². The van der Waals surface area contributed by atoms with Crippen molar-refractivity contribution >= 4 is 15.7 Å². The van der Waals surface area contributed by atoms with Gasteiger partial charge >= 0.3 is 0 Å². The van der Waals surface area contributed by atoms with Gasteiger partial charge in [-0.1, -0.05) is 0 Å². The highest BCUT2D eigenvalue weighted by atomic mass is 32.2. The Morgan fingerprint density at radius 2 is 2.10 bits per heavy atom. The normalized spacial score (nSPS) is 11.8. The molecule has 0 aromatic carbocycles. The lowest BCUT2D eigenvalue weighted by Crippen LogP contribution is -2.13. The molecule has 0 atom stereocenters. The van der Waals surface area contributed by atoms with Crippen LogP contribution in [-0.2, 0) is 23.6 Å². The molecule has 0 radical (unpaired) electrons. The van der Waals surface area contributed by atoms with Crippen molar-refractivity contribution in [1.29, 1.82) is 0 Å². The molecular weight excluding hydrogens is 292 g/mol. The molecule has 0 unspecified atom stereocenters. The van der Waals surface area contributed by atoms with Gasteiger partial charge in [0.05, 0.1) is 17.6 Å².